The summed E-state index contributed by atoms with van der Waals surface area (Å²) in [5.41, 5.74) is 1.82. The van der Waals surface area contributed by atoms with Crippen molar-refractivity contribution in [2.24, 2.45) is 0 Å². The highest BCUT2D eigenvalue weighted by Gasteiger charge is 2.42. The first-order valence-electron chi connectivity index (χ1n) is 8.29. The number of nitrogens with zero attached hydrogens (tertiary/aromatic N) is 1. The van der Waals surface area contributed by atoms with E-state index in [1.54, 1.807) is 7.11 Å². The highest BCUT2D eigenvalue weighted by molar-refractivity contribution is 5.98. The van der Waals surface area contributed by atoms with Gasteiger partial charge in [0.15, 0.2) is 0 Å². The van der Waals surface area contributed by atoms with Crippen LogP contribution in [0.1, 0.15) is 29.6 Å². The van der Waals surface area contributed by atoms with E-state index in [0.29, 0.717) is 6.61 Å². The molecule has 1 aromatic heterocycles. The molecule has 2 aliphatic heterocycles. The Hall–Kier alpha value is -1.85. The number of benzene rings is 1. The van der Waals surface area contributed by atoms with Gasteiger partial charge in [0.1, 0.15) is 0 Å². The number of fused-ring (bicyclic) bond motifs is 2. The lowest BCUT2D eigenvalue weighted by Gasteiger charge is -2.35. The molecule has 3 atom stereocenters. The zero-order valence-corrected chi connectivity index (χ0v) is 13.3. The van der Waals surface area contributed by atoms with Crippen molar-refractivity contribution in [2.75, 3.05) is 20.3 Å². The van der Waals surface area contributed by atoms with E-state index in [1.807, 2.05) is 35.4 Å². The van der Waals surface area contributed by atoms with E-state index in [2.05, 4.69) is 4.98 Å². The van der Waals surface area contributed by atoms with Gasteiger partial charge >= 0.3 is 0 Å². The summed E-state index contributed by atoms with van der Waals surface area (Å²) < 4.78 is 11.3. The molecular formula is C18H22N2O3. The van der Waals surface area contributed by atoms with E-state index in [9.17, 15) is 4.79 Å². The maximum absolute atomic E-state index is 12.9. The molecule has 122 valence electrons. The molecule has 2 unspecified atom stereocenters. The standard InChI is InChI=1S/C18H22N2O3/c1-22-11-14-3-5-16-17(23-14)7-9-20(16)18(21)13-2-4-15-12(10-13)6-8-19-15/h2,4,6,8,10,14,16-17,19H,3,5,7,9,11H2,1H3/t14-,16?,17?/m1/s1. The zero-order chi connectivity index (χ0) is 15.8. The second kappa shape index (κ2) is 5.98. The molecule has 0 radical (unpaired) electrons. The number of carbonyl (C=O) groups excluding carboxylic acids is 1. The normalized spacial score (nSPS) is 27.3. The maximum atomic E-state index is 12.9. The van der Waals surface area contributed by atoms with Crippen molar-refractivity contribution < 1.29 is 14.3 Å². The molecule has 23 heavy (non-hydrogen) atoms. The summed E-state index contributed by atoms with van der Waals surface area (Å²) in [4.78, 5) is 18.1. The van der Waals surface area contributed by atoms with Crippen LogP contribution in [0.3, 0.4) is 0 Å². The molecule has 2 aromatic rings. The number of rotatable bonds is 3. The Morgan fingerprint density at radius 3 is 3.13 bits per heavy atom. The second-order valence-electron chi connectivity index (χ2n) is 6.46. The second-order valence-corrected chi connectivity index (χ2v) is 6.46. The Balaban J connectivity index is 1.51. The third-order valence-corrected chi connectivity index (χ3v) is 5.05. The molecule has 0 aliphatic carbocycles. The minimum absolute atomic E-state index is 0.120. The molecule has 2 aliphatic rings. The predicted octanol–water partition coefficient (Wildman–Crippen LogP) is 2.58. The summed E-state index contributed by atoms with van der Waals surface area (Å²) in [6.07, 6.45) is 5.10. The highest BCUT2D eigenvalue weighted by Crippen LogP contribution is 2.32. The predicted molar refractivity (Wildman–Crippen MR) is 87.5 cm³/mol. The molecule has 0 bridgehead atoms. The SMILES string of the molecule is COC[C@H]1CCC2C(CCN2C(=O)c2ccc3[nH]ccc3c2)O1. The topological polar surface area (TPSA) is 54.6 Å². The number of H-pyrrole nitrogens is 1. The first-order chi connectivity index (χ1) is 11.3. The van der Waals surface area contributed by atoms with Crippen molar-refractivity contribution in [3.05, 3.63) is 36.0 Å². The Labute approximate surface area is 135 Å². The molecule has 2 fully saturated rings. The van der Waals surface area contributed by atoms with Crippen LogP contribution in [0, 0.1) is 0 Å². The smallest absolute Gasteiger partial charge is 0.254 e. The highest BCUT2D eigenvalue weighted by atomic mass is 16.5. The molecule has 1 aromatic carbocycles. The number of hydrogen-bond donors (Lipinski definition) is 1. The maximum Gasteiger partial charge on any atom is 0.254 e. The molecule has 2 saturated heterocycles. The van der Waals surface area contributed by atoms with Gasteiger partial charge in [-0.25, -0.2) is 0 Å². The van der Waals surface area contributed by atoms with E-state index in [4.69, 9.17) is 9.47 Å². The number of hydrogen-bond acceptors (Lipinski definition) is 3. The fourth-order valence-electron chi connectivity index (χ4n) is 3.91. The molecule has 5 heteroatoms. The quantitative estimate of drug-likeness (QED) is 0.947. The van der Waals surface area contributed by atoms with Crippen molar-refractivity contribution in [1.82, 2.24) is 9.88 Å². The van der Waals surface area contributed by atoms with Gasteiger partial charge in [-0.05, 0) is 43.5 Å². The van der Waals surface area contributed by atoms with E-state index < -0.39 is 0 Å². The molecule has 0 spiro atoms. The lowest BCUT2D eigenvalue weighted by molar-refractivity contribution is -0.0902. The summed E-state index contributed by atoms with van der Waals surface area (Å²) >= 11 is 0. The molecule has 4 rings (SSSR count). The Morgan fingerprint density at radius 2 is 2.26 bits per heavy atom. The van der Waals surface area contributed by atoms with Gasteiger partial charge in [-0.2, -0.15) is 0 Å². The molecule has 3 heterocycles. The number of aromatic amines is 1. The van der Waals surface area contributed by atoms with Crippen LogP contribution >= 0.6 is 0 Å². The number of likely N-dealkylation sites (tertiary alicyclic amines) is 1. The third-order valence-electron chi connectivity index (χ3n) is 5.05. The first-order valence-corrected chi connectivity index (χ1v) is 8.29. The average Bonchev–Trinajstić information content (AvgIpc) is 3.20. The van der Waals surface area contributed by atoms with Crippen LogP contribution in [0.2, 0.25) is 0 Å². The number of methoxy groups -OCH3 is 1. The van der Waals surface area contributed by atoms with Crippen molar-refractivity contribution in [1.29, 1.82) is 0 Å². The van der Waals surface area contributed by atoms with Crippen molar-refractivity contribution in [3.63, 3.8) is 0 Å². The molecule has 1 amide bonds. The minimum Gasteiger partial charge on any atom is -0.382 e. The van der Waals surface area contributed by atoms with Gasteiger partial charge in [-0.1, -0.05) is 0 Å². The molecule has 0 saturated carbocycles. The van der Waals surface area contributed by atoms with Crippen LogP contribution in [0.5, 0.6) is 0 Å². The van der Waals surface area contributed by atoms with Gasteiger partial charge in [0.05, 0.1) is 24.9 Å². The number of ether oxygens (including phenoxy) is 2. The van der Waals surface area contributed by atoms with Gasteiger partial charge in [-0.15, -0.1) is 0 Å². The lowest BCUT2D eigenvalue weighted by Crippen LogP contribution is -2.45. The van der Waals surface area contributed by atoms with Crippen molar-refractivity contribution >= 4 is 16.8 Å². The van der Waals surface area contributed by atoms with Crippen LogP contribution in [0.15, 0.2) is 30.5 Å². The third kappa shape index (κ3) is 2.64. The number of amides is 1. The Kier molecular flexibility index (Phi) is 3.83. The van der Waals surface area contributed by atoms with Gasteiger partial charge in [0.25, 0.3) is 5.91 Å². The van der Waals surface area contributed by atoms with Crippen LogP contribution in [0.25, 0.3) is 10.9 Å². The number of aromatic nitrogens is 1. The summed E-state index contributed by atoms with van der Waals surface area (Å²) in [6, 6.07) is 8.06. The molecular weight excluding hydrogens is 292 g/mol. The minimum atomic E-state index is 0.120. The number of nitrogens with one attached hydrogen (secondary N) is 1. The number of carbonyl (C=O) groups is 1. The summed E-state index contributed by atoms with van der Waals surface area (Å²) in [5.74, 6) is 0.120. The van der Waals surface area contributed by atoms with Crippen LogP contribution in [-0.4, -0.2) is 54.3 Å². The Bertz CT molecular complexity index is 711. The van der Waals surface area contributed by atoms with E-state index in [0.717, 1.165) is 42.3 Å². The fraction of sp³-hybridized carbons (Fsp3) is 0.500. The van der Waals surface area contributed by atoms with Crippen LogP contribution < -0.4 is 0 Å². The van der Waals surface area contributed by atoms with Crippen LogP contribution in [0.4, 0.5) is 0 Å². The van der Waals surface area contributed by atoms with Crippen LogP contribution in [-0.2, 0) is 9.47 Å². The molecule has 5 nitrogen and oxygen atoms in total. The van der Waals surface area contributed by atoms with Gasteiger partial charge in [0.2, 0.25) is 0 Å². The van der Waals surface area contributed by atoms with E-state index >= 15 is 0 Å². The van der Waals surface area contributed by atoms with E-state index in [1.165, 1.54) is 0 Å². The monoisotopic (exact) mass is 314 g/mol. The summed E-state index contributed by atoms with van der Waals surface area (Å²) in [5, 5.41) is 1.08. The fourth-order valence-corrected chi connectivity index (χ4v) is 3.91. The van der Waals surface area contributed by atoms with Gasteiger partial charge < -0.3 is 19.4 Å². The van der Waals surface area contributed by atoms with Gasteiger partial charge in [-0.3, -0.25) is 4.79 Å². The Morgan fingerprint density at radius 1 is 1.35 bits per heavy atom. The zero-order valence-electron chi connectivity index (χ0n) is 13.3. The van der Waals surface area contributed by atoms with Gasteiger partial charge in [0, 0.05) is 36.3 Å². The molecule has 1 N–H and O–H groups in total. The van der Waals surface area contributed by atoms with Crippen molar-refractivity contribution in [3.8, 4) is 0 Å². The summed E-state index contributed by atoms with van der Waals surface area (Å²) in [6.45, 7) is 1.42. The largest absolute Gasteiger partial charge is 0.382 e. The lowest BCUT2D eigenvalue weighted by atomic mass is 9.99. The first kappa shape index (κ1) is 14.7. The summed E-state index contributed by atoms with van der Waals surface area (Å²) in [7, 11) is 1.71. The van der Waals surface area contributed by atoms with E-state index in [-0.39, 0.29) is 24.2 Å². The average molecular weight is 314 g/mol. The van der Waals surface area contributed by atoms with Crippen molar-refractivity contribution in [2.45, 2.75) is 37.5 Å².